The van der Waals surface area contributed by atoms with Gasteiger partial charge in [-0.3, -0.25) is 4.79 Å². The topological polar surface area (TPSA) is 37.3 Å². The number of carboxylic acids is 1. The Labute approximate surface area is 123 Å². The number of thioether (sulfide) groups is 1. The van der Waals surface area contributed by atoms with Crippen molar-refractivity contribution in [1.29, 1.82) is 0 Å². The minimum atomic E-state index is -0.744. The van der Waals surface area contributed by atoms with Gasteiger partial charge >= 0.3 is 5.97 Å². The molecule has 0 radical (unpaired) electrons. The molecule has 20 heavy (non-hydrogen) atoms. The van der Waals surface area contributed by atoms with Crippen LogP contribution in [0.25, 0.3) is 0 Å². The van der Waals surface area contributed by atoms with E-state index in [-0.39, 0.29) is 0 Å². The van der Waals surface area contributed by atoms with Crippen LogP contribution < -0.4 is 0 Å². The van der Waals surface area contributed by atoms with E-state index in [1.165, 1.54) is 22.9 Å². The number of carbonyl (C=O) groups is 1. The van der Waals surface area contributed by atoms with Gasteiger partial charge in [0, 0.05) is 5.75 Å². The van der Waals surface area contributed by atoms with Crippen LogP contribution in [0.5, 0.6) is 0 Å². The Hall–Kier alpha value is -1.74. The molecule has 0 spiro atoms. The first-order valence-corrected chi connectivity index (χ1v) is 7.64. The first-order valence-electron chi connectivity index (χ1n) is 6.59. The van der Waals surface area contributed by atoms with Gasteiger partial charge in [-0.2, -0.15) is 0 Å². The van der Waals surface area contributed by atoms with Crippen molar-refractivity contribution in [3.05, 3.63) is 71.3 Å². The number of benzene rings is 2. The highest BCUT2D eigenvalue weighted by atomic mass is 32.2. The van der Waals surface area contributed by atoms with Crippen molar-refractivity contribution in [2.24, 2.45) is 0 Å². The number of hydrogen-bond donors (Lipinski definition) is 1. The van der Waals surface area contributed by atoms with Gasteiger partial charge in [0.15, 0.2) is 0 Å². The molecule has 0 aliphatic rings. The quantitative estimate of drug-likeness (QED) is 0.874. The van der Waals surface area contributed by atoms with Gasteiger partial charge in [0.1, 0.15) is 5.25 Å². The molecule has 1 atom stereocenters. The molecule has 2 aromatic carbocycles. The summed E-state index contributed by atoms with van der Waals surface area (Å²) >= 11 is 1.48. The van der Waals surface area contributed by atoms with Gasteiger partial charge in [0.2, 0.25) is 0 Å². The van der Waals surface area contributed by atoms with Crippen LogP contribution in [0.1, 0.15) is 16.7 Å². The smallest absolute Gasteiger partial charge is 0.316 e. The monoisotopic (exact) mass is 286 g/mol. The summed E-state index contributed by atoms with van der Waals surface area (Å²) in [6.45, 7) is 2.05. The molecule has 0 fully saturated rings. The fourth-order valence-corrected chi connectivity index (χ4v) is 2.97. The zero-order valence-electron chi connectivity index (χ0n) is 11.5. The maximum absolute atomic E-state index is 11.4. The summed E-state index contributed by atoms with van der Waals surface area (Å²) in [6.07, 6.45) is 0.562. The molecule has 1 N–H and O–H groups in total. The lowest BCUT2D eigenvalue weighted by molar-refractivity contribution is -0.136. The Morgan fingerprint density at radius 2 is 1.70 bits per heavy atom. The van der Waals surface area contributed by atoms with E-state index in [1.807, 2.05) is 37.3 Å². The van der Waals surface area contributed by atoms with Crippen LogP contribution in [-0.2, 0) is 17.0 Å². The standard InChI is InChI=1S/C17H18O2S/c1-13-7-9-15(10-8-13)12-20-16(17(18)19)11-14-5-3-2-4-6-14/h2-10,16H,11-12H2,1H3,(H,18,19). The summed E-state index contributed by atoms with van der Waals surface area (Å²) in [5.74, 6) is -0.0182. The number of aliphatic carboxylic acids is 1. The molecule has 2 rings (SSSR count). The molecule has 3 heteroatoms. The second kappa shape index (κ2) is 7.15. The Morgan fingerprint density at radius 3 is 2.30 bits per heavy atom. The molecule has 0 aliphatic heterocycles. The van der Waals surface area contributed by atoms with Gasteiger partial charge in [-0.05, 0) is 24.5 Å². The Balaban J connectivity index is 1.96. The molecule has 0 bridgehead atoms. The number of aryl methyl sites for hydroxylation is 1. The van der Waals surface area contributed by atoms with Gasteiger partial charge in [0.05, 0.1) is 0 Å². The largest absolute Gasteiger partial charge is 0.480 e. The molecule has 2 nitrogen and oxygen atoms in total. The number of carboxylic acid groups (broad SMARTS) is 1. The average molecular weight is 286 g/mol. The van der Waals surface area contributed by atoms with E-state index in [0.29, 0.717) is 6.42 Å². The maximum atomic E-state index is 11.4. The summed E-state index contributed by atoms with van der Waals surface area (Å²) in [5.41, 5.74) is 3.45. The van der Waals surface area contributed by atoms with Gasteiger partial charge in [-0.15, -0.1) is 11.8 Å². The fourth-order valence-electron chi connectivity index (χ4n) is 1.93. The molecular formula is C17H18O2S. The minimum absolute atomic E-state index is 0.404. The Morgan fingerprint density at radius 1 is 1.05 bits per heavy atom. The number of hydrogen-bond acceptors (Lipinski definition) is 2. The summed E-state index contributed by atoms with van der Waals surface area (Å²) < 4.78 is 0. The van der Waals surface area contributed by atoms with Gasteiger partial charge in [-0.1, -0.05) is 60.2 Å². The molecule has 0 aliphatic carbocycles. The molecular weight excluding hydrogens is 268 g/mol. The van der Waals surface area contributed by atoms with Crippen LogP contribution in [0.4, 0.5) is 0 Å². The van der Waals surface area contributed by atoms with E-state index >= 15 is 0 Å². The summed E-state index contributed by atoms with van der Waals surface area (Å²) in [4.78, 5) is 11.4. The first-order chi connectivity index (χ1) is 9.65. The van der Waals surface area contributed by atoms with E-state index in [2.05, 4.69) is 24.3 Å². The highest BCUT2D eigenvalue weighted by molar-refractivity contribution is 7.99. The van der Waals surface area contributed by atoms with Crippen molar-refractivity contribution in [2.45, 2.75) is 24.3 Å². The number of rotatable bonds is 6. The zero-order chi connectivity index (χ0) is 14.4. The highest BCUT2D eigenvalue weighted by Crippen LogP contribution is 2.22. The maximum Gasteiger partial charge on any atom is 0.316 e. The predicted molar refractivity (Wildman–Crippen MR) is 84.0 cm³/mol. The van der Waals surface area contributed by atoms with Crippen LogP contribution in [0, 0.1) is 6.92 Å². The van der Waals surface area contributed by atoms with Crippen LogP contribution in [0.2, 0.25) is 0 Å². The van der Waals surface area contributed by atoms with Gasteiger partial charge in [-0.25, -0.2) is 0 Å². The average Bonchev–Trinajstić information content (AvgIpc) is 2.46. The molecule has 1 unspecified atom stereocenters. The normalized spacial score (nSPS) is 12.1. The SMILES string of the molecule is Cc1ccc(CSC(Cc2ccccc2)C(=O)O)cc1. The summed E-state index contributed by atoms with van der Waals surface area (Å²) in [7, 11) is 0. The molecule has 0 aromatic heterocycles. The third-order valence-electron chi connectivity index (χ3n) is 3.11. The summed E-state index contributed by atoms with van der Waals surface area (Å²) in [5, 5.41) is 8.93. The first kappa shape index (κ1) is 14.7. The third-order valence-corrected chi connectivity index (χ3v) is 4.38. The molecule has 2 aromatic rings. The van der Waals surface area contributed by atoms with Crippen molar-refractivity contribution in [3.63, 3.8) is 0 Å². The lowest BCUT2D eigenvalue weighted by Crippen LogP contribution is -2.19. The van der Waals surface area contributed by atoms with Crippen molar-refractivity contribution >= 4 is 17.7 Å². The predicted octanol–water partition coefficient (Wildman–Crippen LogP) is 3.92. The lowest BCUT2D eigenvalue weighted by Gasteiger charge is -2.12. The second-order valence-electron chi connectivity index (χ2n) is 4.81. The fraction of sp³-hybridized carbons (Fsp3) is 0.235. The second-order valence-corrected chi connectivity index (χ2v) is 6.00. The van der Waals surface area contributed by atoms with Crippen molar-refractivity contribution in [1.82, 2.24) is 0 Å². The lowest BCUT2D eigenvalue weighted by atomic mass is 10.1. The van der Waals surface area contributed by atoms with E-state index < -0.39 is 11.2 Å². The van der Waals surface area contributed by atoms with E-state index in [9.17, 15) is 9.90 Å². The van der Waals surface area contributed by atoms with Crippen molar-refractivity contribution in [2.75, 3.05) is 0 Å². The zero-order valence-corrected chi connectivity index (χ0v) is 12.3. The molecule has 0 amide bonds. The van der Waals surface area contributed by atoms with Gasteiger partial charge in [0.25, 0.3) is 0 Å². The van der Waals surface area contributed by atoms with Gasteiger partial charge < -0.3 is 5.11 Å². The third kappa shape index (κ3) is 4.42. The van der Waals surface area contributed by atoms with Crippen LogP contribution in [-0.4, -0.2) is 16.3 Å². The Kier molecular flexibility index (Phi) is 5.24. The van der Waals surface area contributed by atoms with Crippen LogP contribution in [0.3, 0.4) is 0 Å². The van der Waals surface area contributed by atoms with Crippen LogP contribution in [0.15, 0.2) is 54.6 Å². The van der Waals surface area contributed by atoms with Crippen LogP contribution >= 0.6 is 11.8 Å². The molecule has 0 saturated heterocycles. The molecule has 0 saturated carbocycles. The Bertz CT molecular complexity index is 549. The van der Waals surface area contributed by atoms with Crippen molar-refractivity contribution in [3.8, 4) is 0 Å². The molecule has 104 valence electrons. The molecule has 0 heterocycles. The summed E-state index contributed by atoms with van der Waals surface area (Å²) in [6, 6.07) is 18.0. The van der Waals surface area contributed by atoms with E-state index in [1.54, 1.807) is 0 Å². The highest BCUT2D eigenvalue weighted by Gasteiger charge is 2.18. The van der Waals surface area contributed by atoms with E-state index in [4.69, 9.17) is 0 Å². The minimum Gasteiger partial charge on any atom is -0.480 e. The van der Waals surface area contributed by atoms with E-state index in [0.717, 1.165) is 11.3 Å². The van der Waals surface area contributed by atoms with Crippen molar-refractivity contribution < 1.29 is 9.90 Å².